The van der Waals surface area contributed by atoms with Gasteiger partial charge >= 0.3 is 0 Å². The molecule has 6 nitrogen and oxygen atoms in total. The highest BCUT2D eigenvalue weighted by atomic mass is 32.2. The van der Waals surface area contributed by atoms with Crippen LogP contribution in [0.5, 0.6) is 0 Å². The Morgan fingerprint density at radius 3 is 2.91 bits per heavy atom. The predicted molar refractivity (Wildman–Crippen MR) is 90.7 cm³/mol. The molecule has 0 aliphatic rings. The summed E-state index contributed by atoms with van der Waals surface area (Å²) in [6.07, 6.45) is 1.81. The number of allylic oxidation sites excluding steroid dienone is 1. The Labute approximate surface area is 137 Å². The zero-order valence-electron chi connectivity index (χ0n) is 13.1. The van der Waals surface area contributed by atoms with Crippen molar-refractivity contribution in [1.82, 2.24) is 24.1 Å². The van der Waals surface area contributed by atoms with E-state index >= 15 is 0 Å². The van der Waals surface area contributed by atoms with Gasteiger partial charge in [0.1, 0.15) is 11.5 Å². The molecule has 0 N–H and O–H groups in total. The van der Waals surface area contributed by atoms with Crippen molar-refractivity contribution in [3.05, 3.63) is 64.5 Å². The Kier molecular flexibility index (Phi) is 4.29. The number of fused-ring (bicyclic) bond motifs is 1. The van der Waals surface area contributed by atoms with E-state index in [1.807, 2.05) is 42.7 Å². The fraction of sp³-hybridized carbons (Fsp3) is 0.250. The molecule has 0 radical (unpaired) electrons. The van der Waals surface area contributed by atoms with Gasteiger partial charge in [0.05, 0.1) is 5.69 Å². The molecule has 0 amide bonds. The van der Waals surface area contributed by atoms with Crippen LogP contribution in [-0.4, -0.2) is 24.1 Å². The first kappa shape index (κ1) is 15.5. The molecule has 3 aromatic rings. The lowest BCUT2D eigenvalue weighted by atomic mass is 10.3. The van der Waals surface area contributed by atoms with Gasteiger partial charge in [-0.25, -0.2) is 4.98 Å². The van der Waals surface area contributed by atoms with Crippen LogP contribution in [0.25, 0.3) is 5.65 Å². The van der Waals surface area contributed by atoms with Gasteiger partial charge in [0, 0.05) is 24.1 Å². The minimum absolute atomic E-state index is 0.0626. The number of rotatable bonds is 5. The Balaban J connectivity index is 1.88. The molecule has 3 heterocycles. The molecular weight excluding hydrogens is 310 g/mol. The molecule has 0 saturated heterocycles. The standard InChI is InChI=1S/C16H17N5OS/c1-4-8-20-12(3)18-19-16(20)23-10-13-9-15(22)21-11(2)6-5-7-14(21)17-13/h4-7,9H,1,8,10H2,2-3H3. The average molecular weight is 327 g/mol. The van der Waals surface area contributed by atoms with E-state index in [9.17, 15) is 4.79 Å². The molecule has 0 saturated carbocycles. The molecule has 0 spiro atoms. The SMILES string of the molecule is C=CCn1c(C)nnc1SCc1cc(=O)n2c(C)cccc2n1. The molecular formula is C16H17N5OS. The molecule has 0 fully saturated rings. The predicted octanol–water partition coefficient (Wildman–Crippen LogP) is 2.38. The summed E-state index contributed by atoms with van der Waals surface area (Å²) in [5.74, 6) is 1.41. The van der Waals surface area contributed by atoms with Crippen LogP contribution in [0.1, 0.15) is 17.2 Å². The molecule has 0 bridgehead atoms. The lowest BCUT2D eigenvalue weighted by molar-refractivity contribution is 0.703. The van der Waals surface area contributed by atoms with Crippen molar-refractivity contribution in [1.29, 1.82) is 0 Å². The van der Waals surface area contributed by atoms with Gasteiger partial charge < -0.3 is 4.57 Å². The van der Waals surface area contributed by atoms with E-state index in [0.29, 0.717) is 17.9 Å². The molecule has 0 unspecified atom stereocenters. The quantitative estimate of drug-likeness (QED) is 0.532. The number of pyridine rings is 1. The fourth-order valence-corrected chi connectivity index (χ4v) is 3.27. The minimum atomic E-state index is -0.0626. The Morgan fingerprint density at radius 1 is 1.30 bits per heavy atom. The van der Waals surface area contributed by atoms with Crippen molar-refractivity contribution in [2.45, 2.75) is 31.3 Å². The molecule has 3 aromatic heterocycles. The van der Waals surface area contributed by atoms with E-state index < -0.39 is 0 Å². The maximum absolute atomic E-state index is 12.3. The topological polar surface area (TPSA) is 65.1 Å². The molecule has 0 aliphatic heterocycles. The van der Waals surface area contributed by atoms with Crippen LogP contribution < -0.4 is 5.56 Å². The van der Waals surface area contributed by atoms with E-state index in [0.717, 1.165) is 22.4 Å². The third-order valence-corrected chi connectivity index (χ3v) is 4.50. The third-order valence-electron chi connectivity index (χ3n) is 3.50. The number of hydrogen-bond donors (Lipinski definition) is 0. The van der Waals surface area contributed by atoms with Crippen LogP contribution in [0.3, 0.4) is 0 Å². The minimum Gasteiger partial charge on any atom is -0.302 e. The molecule has 23 heavy (non-hydrogen) atoms. The largest absolute Gasteiger partial charge is 0.302 e. The zero-order chi connectivity index (χ0) is 16.4. The van der Waals surface area contributed by atoms with Gasteiger partial charge in [0.15, 0.2) is 5.16 Å². The summed E-state index contributed by atoms with van der Waals surface area (Å²) in [6.45, 7) is 8.21. The fourth-order valence-electron chi connectivity index (χ4n) is 2.38. The number of thioether (sulfide) groups is 1. The maximum atomic E-state index is 12.3. The van der Waals surface area contributed by atoms with Gasteiger partial charge in [0.2, 0.25) is 0 Å². The lowest BCUT2D eigenvalue weighted by Gasteiger charge is -2.07. The van der Waals surface area contributed by atoms with Crippen molar-refractivity contribution in [2.24, 2.45) is 0 Å². The molecule has 0 aliphatic carbocycles. The number of nitrogens with zero attached hydrogens (tertiary/aromatic N) is 5. The van der Waals surface area contributed by atoms with E-state index in [1.165, 1.54) is 11.8 Å². The number of aromatic nitrogens is 5. The monoisotopic (exact) mass is 327 g/mol. The van der Waals surface area contributed by atoms with Crippen molar-refractivity contribution in [3.63, 3.8) is 0 Å². The van der Waals surface area contributed by atoms with Crippen LogP contribution in [0.4, 0.5) is 0 Å². The molecule has 0 atom stereocenters. The zero-order valence-corrected chi connectivity index (χ0v) is 13.9. The van der Waals surface area contributed by atoms with Gasteiger partial charge in [0.25, 0.3) is 5.56 Å². The Hall–Kier alpha value is -2.41. The molecule has 7 heteroatoms. The highest BCUT2D eigenvalue weighted by Gasteiger charge is 2.10. The first-order chi connectivity index (χ1) is 11.1. The van der Waals surface area contributed by atoms with Crippen molar-refractivity contribution in [3.8, 4) is 0 Å². The summed E-state index contributed by atoms with van der Waals surface area (Å²) in [5.41, 5.74) is 2.21. The Bertz CT molecular complexity index is 928. The summed E-state index contributed by atoms with van der Waals surface area (Å²) >= 11 is 1.51. The van der Waals surface area contributed by atoms with Crippen molar-refractivity contribution in [2.75, 3.05) is 0 Å². The third kappa shape index (κ3) is 3.05. The number of hydrogen-bond acceptors (Lipinski definition) is 5. The summed E-state index contributed by atoms with van der Waals surface area (Å²) in [4.78, 5) is 16.8. The smallest absolute Gasteiger partial charge is 0.258 e. The van der Waals surface area contributed by atoms with Gasteiger partial charge in [-0.1, -0.05) is 23.9 Å². The second-order valence-corrected chi connectivity index (χ2v) is 6.11. The van der Waals surface area contributed by atoms with Gasteiger partial charge in [-0.2, -0.15) is 0 Å². The van der Waals surface area contributed by atoms with Crippen LogP contribution in [-0.2, 0) is 12.3 Å². The summed E-state index contributed by atoms with van der Waals surface area (Å²) < 4.78 is 3.59. The summed E-state index contributed by atoms with van der Waals surface area (Å²) in [7, 11) is 0. The van der Waals surface area contributed by atoms with Gasteiger partial charge in [-0.05, 0) is 26.0 Å². The summed E-state index contributed by atoms with van der Waals surface area (Å²) in [6, 6.07) is 7.21. The highest BCUT2D eigenvalue weighted by molar-refractivity contribution is 7.98. The molecule has 118 valence electrons. The normalized spacial score (nSPS) is 11.0. The first-order valence-electron chi connectivity index (χ1n) is 7.22. The highest BCUT2D eigenvalue weighted by Crippen LogP contribution is 2.21. The average Bonchev–Trinajstić information content (AvgIpc) is 2.86. The van der Waals surface area contributed by atoms with Crippen molar-refractivity contribution >= 4 is 17.4 Å². The number of aryl methyl sites for hydroxylation is 2. The second kappa shape index (κ2) is 6.37. The van der Waals surface area contributed by atoms with Crippen molar-refractivity contribution < 1.29 is 0 Å². The van der Waals surface area contributed by atoms with E-state index in [2.05, 4.69) is 21.8 Å². The van der Waals surface area contributed by atoms with Gasteiger partial charge in [-0.15, -0.1) is 16.8 Å². The van der Waals surface area contributed by atoms with E-state index in [4.69, 9.17) is 0 Å². The van der Waals surface area contributed by atoms with Crippen LogP contribution >= 0.6 is 11.8 Å². The lowest BCUT2D eigenvalue weighted by Crippen LogP contribution is -2.17. The molecule has 3 rings (SSSR count). The maximum Gasteiger partial charge on any atom is 0.258 e. The molecule has 0 aromatic carbocycles. The van der Waals surface area contributed by atoms with Gasteiger partial charge in [-0.3, -0.25) is 9.20 Å². The second-order valence-electron chi connectivity index (χ2n) is 5.16. The van der Waals surface area contributed by atoms with Crippen LogP contribution in [0, 0.1) is 13.8 Å². The van der Waals surface area contributed by atoms with E-state index in [1.54, 1.807) is 10.5 Å². The Morgan fingerprint density at radius 2 is 2.13 bits per heavy atom. The first-order valence-corrected chi connectivity index (χ1v) is 8.20. The van der Waals surface area contributed by atoms with E-state index in [-0.39, 0.29) is 5.56 Å². The van der Waals surface area contributed by atoms with Crippen LogP contribution in [0.15, 0.2) is 46.9 Å². The van der Waals surface area contributed by atoms with Crippen LogP contribution in [0.2, 0.25) is 0 Å². The summed E-state index contributed by atoms with van der Waals surface area (Å²) in [5, 5.41) is 9.05.